The number of carboxylic acids is 2. The first-order chi connectivity index (χ1) is 12.1. The number of carbonyl (C=O) groups is 4. The molecule has 1 aliphatic heterocycles. The van der Waals surface area contributed by atoms with Crippen molar-refractivity contribution in [2.75, 3.05) is 6.54 Å². The molecule has 26 heavy (non-hydrogen) atoms. The molecule has 0 bridgehead atoms. The van der Waals surface area contributed by atoms with Gasteiger partial charge in [-0.1, -0.05) is 13.8 Å². The maximum Gasteiger partial charge on any atom is 0.336 e. The molecule has 1 fully saturated rings. The summed E-state index contributed by atoms with van der Waals surface area (Å²) in [4.78, 5) is 45.6. The Balaban J connectivity index is 2.40. The summed E-state index contributed by atoms with van der Waals surface area (Å²) in [7, 11) is 0. The highest BCUT2D eigenvalue weighted by molar-refractivity contribution is 5.95. The van der Waals surface area contributed by atoms with E-state index in [4.69, 9.17) is 20.7 Å². The van der Waals surface area contributed by atoms with Gasteiger partial charge in [0.05, 0.1) is 0 Å². The number of nitrogens with one attached hydrogen (secondary N) is 2. The molecule has 1 rings (SSSR count). The number of rotatable bonds is 12. The summed E-state index contributed by atoms with van der Waals surface area (Å²) in [6, 6.07) is -1.71. The smallest absolute Gasteiger partial charge is 0.336 e. The zero-order valence-corrected chi connectivity index (χ0v) is 14.9. The quantitative estimate of drug-likeness (QED) is 0.215. The van der Waals surface area contributed by atoms with Gasteiger partial charge in [-0.05, 0) is 31.6 Å². The van der Waals surface area contributed by atoms with Crippen LogP contribution in [0.4, 0.5) is 0 Å². The van der Waals surface area contributed by atoms with Crippen molar-refractivity contribution >= 4 is 23.8 Å². The third-order valence-corrected chi connectivity index (χ3v) is 3.89. The van der Waals surface area contributed by atoms with E-state index < -0.39 is 42.1 Å². The van der Waals surface area contributed by atoms with Gasteiger partial charge in [-0.25, -0.2) is 4.79 Å². The molecule has 10 nitrogen and oxygen atoms in total. The van der Waals surface area contributed by atoms with Gasteiger partial charge in [-0.3, -0.25) is 14.4 Å². The second-order valence-electron chi connectivity index (χ2n) is 6.74. The van der Waals surface area contributed by atoms with Crippen LogP contribution in [-0.2, 0) is 23.9 Å². The van der Waals surface area contributed by atoms with Gasteiger partial charge in [-0.2, -0.15) is 0 Å². The fourth-order valence-electron chi connectivity index (χ4n) is 2.40. The first-order valence-corrected chi connectivity index (χ1v) is 8.58. The van der Waals surface area contributed by atoms with Gasteiger partial charge in [0.2, 0.25) is 5.91 Å². The lowest BCUT2D eigenvalue weighted by atomic mass is 10.0. The first kappa shape index (κ1) is 21.8. The molecule has 4 atom stereocenters. The standard InChI is InChI=1S/C16H27N3O7/c1-8(2)7-10(19-14(21)11-12(26-11)16(24)25)13(20)18-6-4-3-5-9(17)15(22)23/h8-12H,3-7,17H2,1-2H3,(H,18,20)(H,19,21)(H,22,23)(H,24,25)/t9-,10-,11?,12?/m0/s1. The van der Waals surface area contributed by atoms with Crippen molar-refractivity contribution < 1.29 is 34.1 Å². The van der Waals surface area contributed by atoms with Crippen molar-refractivity contribution in [2.24, 2.45) is 11.7 Å². The lowest BCUT2D eigenvalue weighted by Crippen LogP contribution is -2.49. The van der Waals surface area contributed by atoms with Gasteiger partial charge in [0.25, 0.3) is 5.91 Å². The number of ether oxygens (including phenoxy) is 1. The molecule has 10 heteroatoms. The van der Waals surface area contributed by atoms with Crippen molar-refractivity contribution in [1.29, 1.82) is 0 Å². The Bertz CT molecular complexity index is 538. The zero-order valence-electron chi connectivity index (χ0n) is 14.9. The van der Waals surface area contributed by atoms with E-state index in [-0.39, 0.29) is 11.8 Å². The van der Waals surface area contributed by atoms with Gasteiger partial charge in [0.1, 0.15) is 12.1 Å². The van der Waals surface area contributed by atoms with Crippen LogP contribution >= 0.6 is 0 Å². The lowest BCUT2D eigenvalue weighted by molar-refractivity contribution is -0.139. The number of unbranched alkanes of at least 4 members (excludes halogenated alkanes) is 1. The summed E-state index contributed by atoms with van der Waals surface area (Å²) in [5, 5.41) is 22.7. The van der Waals surface area contributed by atoms with E-state index in [9.17, 15) is 19.2 Å². The molecule has 1 heterocycles. The van der Waals surface area contributed by atoms with Crippen LogP contribution in [-0.4, -0.2) is 64.8 Å². The van der Waals surface area contributed by atoms with Crippen LogP contribution in [0, 0.1) is 5.92 Å². The minimum atomic E-state index is -1.21. The molecule has 0 aliphatic carbocycles. The number of carboxylic acid groups (broad SMARTS) is 2. The van der Waals surface area contributed by atoms with E-state index in [0.29, 0.717) is 32.2 Å². The summed E-state index contributed by atoms with van der Waals surface area (Å²) in [5.74, 6) is -3.13. The molecule has 0 aromatic rings. The number of hydrogen-bond donors (Lipinski definition) is 5. The van der Waals surface area contributed by atoms with E-state index in [1.54, 1.807) is 0 Å². The largest absolute Gasteiger partial charge is 0.480 e. The molecule has 148 valence electrons. The van der Waals surface area contributed by atoms with Crippen LogP contribution in [0.5, 0.6) is 0 Å². The Morgan fingerprint density at radius 2 is 1.77 bits per heavy atom. The maximum absolute atomic E-state index is 12.3. The summed E-state index contributed by atoms with van der Waals surface area (Å²) in [6.45, 7) is 4.12. The minimum Gasteiger partial charge on any atom is -0.480 e. The van der Waals surface area contributed by atoms with Gasteiger partial charge >= 0.3 is 11.9 Å². The third kappa shape index (κ3) is 7.36. The fraction of sp³-hybridized carbons (Fsp3) is 0.750. The van der Waals surface area contributed by atoms with Crippen molar-refractivity contribution in [3.8, 4) is 0 Å². The highest BCUT2D eigenvalue weighted by atomic mass is 16.6. The molecule has 1 aliphatic rings. The highest BCUT2D eigenvalue weighted by Crippen LogP contribution is 2.22. The molecule has 2 amide bonds. The molecule has 6 N–H and O–H groups in total. The van der Waals surface area contributed by atoms with Gasteiger partial charge < -0.3 is 31.3 Å². The number of nitrogens with two attached hydrogens (primary N) is 1. The molecule has 0 spiro atoms. The minimum absolute atomic E-state index is 0.134. The average molecular weight is 373 g/mol. The number of hydrogen-bond acceptors (Lipinski definition) is 6. The lowest BCUT2D eigenvalue weighted by Gasteiger charge is -2.20. The molecule has 0 saturated carbocycles. The monoisotopic (exact) mass is 373 g/mol. The van der Waals surface area contributed by atoms with Gasteiger partial charge in [0, 0.05) is 6.54 Å². The molecule has 0 aromatic carbocycles. The number of carbonyl (C=O) groups excluding carboxylic acids is 2. The molecule has 2 unspecified atom stereocenters. The van der Waals surface area contributed by atoms with Crippen LogP contribution in [0.25, 0.3) is 0 Å². The van der Waals surface area contributed by atoms with Crippen LogP contribution in [0.1, 0.15) is 39.5 Å². The Morgan fingerprint density at radius 1 is 1.12 bits per heavy atom. The van der Waals surface area contributed by atoms with E-state index in [0.717, 1.165) is 0 Å². The summed E-state index contributed by atoms with van der Waals surface area (Å²) in [6.07, 6.45) is -0.407. The summed E-state index contributed by atoms with van der Waals surface area (Å²) < 4.78 is 4.78. The van der Waals surface area contributed by atoms with E-state index in [1.165, 1.54) is 0 Å². The predicted octanol–water partition coefficient (Wildman–Crippen LogP) is -0.932. The predicted molar refractivity (Wildman–Crippen MR) is 90.2 cm³/mol. The maximum atomic E-state index is 12.3. The summed E-state index contributed by atoms with van der Waals surface area (Å²) in [5.41, 5.74) is 5.40. The molecular formula is C16H27N3O7. The Hall–Kier alpha value is -2.20. The normalized spacial score (nSPS) is 20.9. The van der Waals surface area contributed by atoms with Crippen LogP contribution in [0.15, 0.2) is 0 Å². The summed E-state index contributed by atoms with van der Waals surface area (Å²) >= 11 is 0. The molecule has 1 saturated heterocycles. The van der Waals surface area contributed by atoms with Crippen molar-refractivity contribution in [3.63, 3.8) is 0 Å². The van der Waals surface area contributed by atoms with Crippen molar-refractivity contribution in [1.82, 2.24) is 10.6 Å². The zero-order chi connectivity index (χ0) is 19.9. The van der Waals surface area contributed by atoms with Crippen LogP contribution in [0.2, 0.25) is 0 Å². The van der Waals surface area contributed by atoms with Crippen molar-refractivity contribution in [3.05, 3.63) is 0 Å². The Labute approximate surface area is 151 Å². The topological polar surface area (TPSA) is 171 Å². The number of amides is 2. The Morgan fingerprint density at radius 3 is 2.27 bits per heavy atom. The van der Waals surface area contributed by atoms with Crippen LogP contribution < -0.4 is 16.4 Å². The molecule has 0 aromatic heterocycles. The number of epoxide rings is 1. The third-order valence-electron chi connectivity index (χ3n) is 3.89. The fourth-order valence-corrected chi connectivity index (χ4v) is 2.40. The van der Waals surface area contributed by atoms with E-state index in [1.807, 2.05) is 13.8 Å². The highest BCUT2D eigenvalue weighted by Gasteiger charge is 2.51. The molecule has 0 radical (unpaired) electrons. The van der Waals surface area contributed by atoms with Crippen molar-refractivity contribution in [2.45, 2.75) is 63.8 Å². The molecular weight excluding hydrogens is 346 g/mol. The van der Waals surface area contributed by atoms with E-state index >= 15 is 0 Å². The number of aliphatic carboxylic acids is 2. The van der Waals surface area contributed by atoms with E-state index in [2.05, 4.69) is 10.6 Å². The van der Waals surface area contributed by atoms with Gasteiger partial charge in [-0.15, -0.1) is 0 Å². The SMILES string of the molecule is CC(C)C[C@H](NC(=O)C1OC1C(=O)O)C(=O)NCCCC[C@H](N)C(=O)O. The van der Waals surface area contributed by atoms with Gasteiger partial charge in [0.15, 0.2) is 12.2 Å². The second-order valence-corrected chi connectivity index (χ2v) is 6.74. The second kappa shape index (κ2) is 10.1. The van der Waals surface area contributed by atoms with Crippen LogP contribution in [0.3, 0.4) is 0 Å². The first-order valence-electron chi connectivity index (χ1n) is 8.58. The Kier molecular flexibility index (Phi) is 8.46. The average Bonchev–Trinajstić information content (AvgIpc) is 3.33.